The van der Waals surface area contributed by atoms with E-state index in [0.29, 0.717) is 6.42 Å². The van der Waals surface area contributed by atoms with Gasteiger partial charge in [-0.05, 0) is 5.56 Å². The van der Waals surface area contributed by atoms with Gasteiger partial charge in [-0.3, -0.25) is 4.79 Å². The van der Waals surface area contributed by atoms with E-state index in [9.17, 15) is 18.0 Å². The number of hydrogen-bond acceptors (Lipinski definition) is 2. The molecule has 3 nitrogen and oxygen atoms in total. The molecule has 1 rings (SSSR count). The van der Waals surface area contributed by atoms with E-state index in [1.165, 1.54) is 6.08 Å². The third-order valence-corrected chi connectivity index (χ3v) is 1.79. The van der Waals surface area contributed by atoms with Crippen LogP contribution in [0.4, 0.5) is 13.2 Å². The summed E-state index contributed by atoms with van der Waals surface area (Å²) < 4.78 is 34.0. The lowest BCUT2D eigenvalue weighted by atomic mass is 10.2. The minimum Gasteiger partial charge on any atom is -0.345 e. The molecule has 0 saturated heterocycles. The number of nitrogens with one attached hydrogen (secondary N) is 1. The highest BCUT2D eigenvalue weighted by Gasteiger charge is 2.37. The van der Waals surface area contributed by atoms with Crippen LogP contribution in [0, 0.1) is 11.3 Å². The molecule has 1 N–H and O–H groups in total. The average Bonchev–Trinajstić information content (AvgIpc) is 2.37. The van der Waals surface area contributed by atoms with Crippen molar-refractivity contribution in [3.05, 3.63) is 48.6 Å². The van der Waals surface area contributed by atoms with Crippen LogP contribution in [-0.2, 0) is 11.2 Å². The van der Waals surface area contributed by atoms with Gasteiger partial charge in [-0.25, -0.2) is 0 Å². The molecule has 6 heteroatoms. The van der Waals surface area contributed by atoms with Gasteiger partial charge in [0.25, 0.3) is 0 Å². The standard InChI is InChI=1S/C8H7N.C5H6F3NO/c9-7-6-8-4-2-1-3-5-8;1-2-3-9-4(10)5(6,7)8/h1-5H,6H2;2H,1,3H2,(H,9,10). The van der Waals surface area contributed by atoms with Gasteiger partial charge >= 0.3 is 12.1 Å². The second kappa shape index (κ2) is 8.75. The SMILES string of the molecule is C=CCNC(=O)C(F)(F)F.N#CCc1ccccc1. The van der Waals surface area contributed by atoms with Crippen LogP contribution in [0.3, 0.4) is 0 Å². The first-order chi connectivity index (χ1) is 8.91. The Morgan fingerprint density at radius 1 is 1.37 bits per heavy atom. The van der Waals surface area contributed by atoms with Crippen LogP contribution in [0.2, 0.25) is 0 Å². The molecule has 102 valence electrons. The summed E-state index contributed by atoms with van der Waals surface area (Å²) in [6, 6.07) is 11.8. The highest BCUT2D eigenvalue weighted by atomic mass is 19.4. The summed E-state index contributed by atoms with van der Waals surface area (Å²) in [7, 11) is 0. The fraction of sp³-hybridized carbons (Fsp3) is 0.231. The fourth-order valence-electron chi connectivity index (χ4n) is 0.952. The minimum absolute atomic E-state index is 0.168. The van der Waals surface area contributed by atoms with Gasteiger partial charge < -0.3 is 5.32 Å². The third-order valence-electron chi connectivity index (χ3n) is 1.79. The number of nitriles is 1. The van der Waals surface area contributed by atoms with Gasteiger partial charge in [0.2, 0.25) is 0 Å². The van der Waals surface area contributed by atoms with Crippen LogP contribution in [0.25, 0.3) is 0 Å². The van der Waals surface area contributed by atoms with Gasteiger partial charge in [-0.15, -0.1) is 6.58 Å². The molecule has 0 aliphatic heterocycles. The Labute approximate surface area is 109 Å². The number of carbonyl (C=O) groups excluding carboxylic acids is 1. The quantitative estimate of drug-likeness (QED) is 0.858. The van der Waals surface area contributed by atoms with E-state index < -0.39 is 12.1 Å². The topological polar surface area (TPSA) is 52.9 Å². The van der Waals surface area contributed by atoms with E-state index in [1.54, 1.807) is 5.32 Å². The lowest BCUT2D eigenvalue weighted by Gasteiger charge is -2.04. The summed E-state index contributed by atoms with van der Waals surface area (Å²) in [5, 5.41) is 9.86. The molecular formula is C13H13F3N2O. The van der Waals surface area contributed by atoms with E-state index in [2.05, 4.69) is 12.6 Å². The lowest BCUT2D eigenvalue weighted by Crippen LogP contribution is -2.36. The zero-order valence-electron chi connectivity index (χ0n) is 10.1. The zero-order valence-corrected chi connectivity index (χ0v) is 10.1. The smallest absolute Gasteiger partial charge is 0.345 e. The van der Waals surface area contributed by atoms with Gasteiger partial charge in [0, 0.05) is 6.54 Å². The van der Waals surface area contributed by atoms with Crippen LogP contribution < -0.4 is 5.32 Å². The molecule has 0 aliphatic rings. The van der Waals surface area contributed by atoms with Crippen LogP contribution >= 0.6 is 0 Å². The van der Waals surface area contributed by atoms with Crippen molar-refractivity contribution in [3.63, 3.8) is 0 Å². The minimum atomic E-state index is -4.79. The molecule has 0 heterocycles. The summed E-state index contributed by atoms with van der Waals surface area (Å²) in [6.45, 7) is 2.96. The monoisotopic (exact) mass is 270 g/mol. The second-order valence-corrected chi connectivity index (χ2v) is 3.32. The number of halogens is 3. The fourth-order valence-corrected chi connectivity index (χ4v) is 0.952. The van der Waals surface area contributed by atoms with Crippen LogP contribution in [0.5, 0.6) is 0 Å². The molecule has 0 fully saturated rings. The molecule has 0 bridgehead atoms. The van der Waals surface area contributed by atoms with Crippen LogP contribution in [0.15, 0.2) is 43.0 Å². The maximum Gasteiger partial charge on any atom is 0.471 e. The van der Waals surface area contributed by atoms with Crippen molar-refractivity contribution in [3.8, 4) is 6.07 Å². The first kappa shape index (κ1) is 16.7. The predicted molar refractivity (Wildman–Crippen MR) is 65.0 cm³/mol. The summed E-state index contributed by atoms with van der Waals surface area (Å²) in [6.07, 6.45) is -3.10. The number of carbonyl (C=O) groups is 1. The van der Waals surface area contributed by atoms with Gasteiger partial charge in [0.05, 0.1) is 12.5 Å². The van der Waals surface area contributed by atoms with Crippen LogP contribution in [-0.4, -0.2) is 18.6 Å². The summed E-state index contributed by atoms with van der Waals surface area (Å²) in [5.74, 6) is -1.94. The first-order valence-corrected chi connectivity index (χ1v) is 5.28. The van der Waals surface area contributed by atoms with Crippen molar-refractivity contribution in [2.45, 2.75) is 12.6 Å². The number of hydrogen-bond donors (Lipinski definition) is 1. The number of benzene rings is 1. The van der Waals surface area contributed by atoms with Crippen LogP contribution in [0.1, 0.15) is 5.56 Å². The Bertz CT molecular complexity index is 435. The summed E-state index contributed by atoms with van der Waals surface area (Å²) in [5.41, 5.74) is 1.08. The molecular weight excluding hydrogens is 257 g/mol. The highest BCUT2D eigenvalue weighted by molar-refractivity contribution is 5.81. The Kier molecular flexibility index (Phi) is 7.70. The maximum absolute atomic E-state index is 11.3. The number of alkyl halides is 3. The molecule has 1 aromatic carbocycles. The molecule has 1 amide bonds. The molecule has 0 aliphatic carbocycles. The zero-order chi connectivity index (χ0) is 14.7. The molecule has 0 spiro atoms. The van der Waals surface area contributed by atoms with Gasteiger partial charge in [-0.2, -0.15) is 18.4 Å². The summed E-state index contributed by atoms with van der Waals surface area (Å²) in [4.78, 5) is 9.94. The normalized spacial score (nSPS) is 9.58. The number of rotatable bonds is 3. The molecule has 0 aromatic heterocycles. The summed E-state index contributed by atoms with van der Waals surface area (Å²) >= 11 is 0. The van der Waals surface area contributed by atoms with Gasteiger partial charge in [-0.1, -0.05) is 36.4 Å². The van der Waals surface area contributed by atoms with Crippen molar-refractivity contribution < 1.29 is 18.0 Å². The first-order valence-electron chi connectivity index (χ1n) is 5.28. The highest BCUT2D eigenvalue weighted by Crippen LogP contribution is 2.13. The Morgan fingerprint density at radius 2 is 1.95 bits per heavy atom. The van der Waals surface area contributed by atoms with E-state index in [4.69, 9.17) is 5.26 Å². The van der Waals surface area contributed by atoms with Crippen molar-refractivity contribution in [1.82, 2.24) is 5.32 Å². The predicted octanol–water partition coefficient (Wildman–Crippen LogP) is 2.60. The van der Waals surface area contributed by atoms with E-state index in [-0.39, 0.29) is 6.54 Å². The lowest BCUT2D eigenvalue weighted by molar-refractivity contribution is -0.173. The molecule has 0 radical (unpaired) electrons. The second-order valence-electron chi connectivity index (χ2n) is 3.32. The Morgan fingerprint density at radius 3 is 2.37 bits per heavy atom. The Balaban J connectivity index is 0.000000342. The van der Waals surface area contributed by atoms with Gasteiger partial charge in [0.15, 0.2) is 0 Å². The van der Waals surface area contributed by atoms with Crippen molar-refractivity contribution >= 4 is 5.91 Å². The molecule has 0 atom stereocenters. The largest absolute Gasteiger partial charge is 0.471 e. The van der Waals surface area contributed by atoms with E-state index in [1.807, 2.05) is 30.3 Å². The molecule has 0 saturated carbocycles. The molecule has 19 heavy (non-hydrogen) atoms. The molecule has 0 unspecified atom stereocenters. The number of nitrogens with zero attached hydrogens (tertiary/aromatic N) is 1. The number of amides is 1. The van der Waals surface area contributed by atoms with E-state index in [0.717, 1.165) is 5.56 Å². The van der Waals surface area contributed by atoms with Crippen molar-refractivity contribution in [1.29, 1.82) is 5.26 Å². The van der Waals surface area contributed by atoms with Crippen molar-refractivity contribution in [2.24, 2.45) is 0 Å². The Hall–Kier alpha value is -2.29. The van der Waals surface area contributed by atoms with Gasteiger partial charge in [0.1, 0.15) is 0 Å². The van der Waals surface area contributed by atoms with Crippen molar-refractivity contribution in [2.75, 3.05) is 6.54 Å². The van der Waals surface area contributed by atoms with E-state index >= 15 is 0 Å². The maximum atomic E-state index is 11.3. The molecule has 1 aromatic rings. The average molecular weight is 270 g/mol. The third kappa shape index (κ3) is 8.44.